The van der Waals surface area contributed by atoms with E-state index >= 15 is 0 Å². The molecule has 0 aliphatic heterocycles. The van der Waals surface area contributed by atoms with Gasteiger partial charge in [-0.1, -0.05) is 60.7 Å². The minimum Gasteiger partial charge on any atom is -0.497 e. The lowest BCUT2D eigenvalue weighted by Gasteiger charge is -2.20. The average molecular weight is 476 g/mol. The maximum absolute atomic E-state index is 13.2. The van der Waals surface area contributed by atoms with E-state index in [4.69, 9.17) is 4.74 Å². The molecule has 4 aromatic rings. The van der Waals surface area contributed by atoms with Crippen molar-refractivity contribution in [2.24, 2.45) is 0 Å². The average Bonchev–Trinajstić information content (AvgIpc) is 2.87. The molecule has 7 nitrogen and oxygen atoms in total. The summed E-state index contributed by atoms with van der Waals surface area (Å²) in [6.45, 7) is 0. The van der Waals surface area contributed by atoms with Crippen molar-refractivity contribution < 1.29 is 17.9 Å². The van der Waals surface area contributed by atoms with Gasteiger partial charge in [0.2, 0.25) is 10.0 Å². The van der Waals surface area contributed by atoms with Crippen molar-refractivity contribution >= 4 is 32.4 Å². The first-order chi connectivity index (χ1) is 16.4. The molecule has 1 unspecified atom stereocenters. The van der Waals surface area contributed by atoms with Crippen molar-refractivity contribution in [2.75, 3.05) is 12.5 Å². The van der Waals surface area contributed by atoms with Gasteiger partial charge in [0, 0.05) is 0 Å². The van der Waals surface area contributed by atoms with Crippen LogP contribution >= 0.6 is 0 Å². The third-order valence-electron chi connectivity index (χ3n) is 5.35. The Bertz CT molecular complexity index is 1370. The number of para-hydroxylation sites is 1. The molecule has 0 heterocycles. The van der Waals surface area contributed by atoms with Crippen LogP contribution < -0.4 is 20.3 Å². The van der Waals surface area contributed by atoms with Crippen molar-refractivity contribution in [3.05, 3.63) is 103 Å². The zero-order chi connectivity index (χ0) is 24.0. The van der Waals surface area contributed by atoms with E-state index in [0.717, 1.165) is 16.3 Å². The Morgan fingerprint density at radius 3 is 2.24 bits per heavy atom. The summed E-state index contributed by atoms with van der Waals surface area (Å²) in [6.07, 6.45) is 0.152. The van der Waals surface area contributed by atoms with Crippen LogP contribution in [0.3, 0.4) is 0 Å². The molecule has 0 fully saturated rings. The highest BCUT2D eigenvalue weighted by molar-refractivity contribution is 7.89. The highest BCUT2D eigenvalue weighted by atomic mass is 32.2. The number of anilines is 1. The lowest BCUT2D eigenvalue weighted by molar-refractivity contribution is -0.122. The van der Waals surface area contributed by atoms with Gasteiger partial charge in [-0.25, -0.2) is 8.42 Å². The Morgan fingerprint density at radius 2 is 1.53 bits per heavy atom. The van der Waals surface area contributed by atoms with Gasteiger partial charge >= 0.3 is 0 Å². The van der Waals surface area contributed by atoms with Crippen molar-refractivity contribution in [3.63, 3.8) is 0 Å². The first-order valence-corrected chi connectivity index (χ1v) is 12.2. The predicted molar refractivity (Wildman–Crippen MR) is 133 cm³/mol. The van der Waals surface area contributed by atoms with E-state index in [-0.39, 0.29) is 11.3 Å². The summed E-state index contributed by atoms with van der Waals surface area (Å²) in [5, 5.41) is 1.73. The van der Waals surface area contributed by atoms with Gasteiger partial charge in [0.15, 0.2) is 0 Å². The van der Waals surface area contributed by atoms with Crippen LogP contribution in [0, 0.1) is 0 Å². The molecule has 0 spiro atoms. The van der Waals surface area contributed by atoms with Gasteiger partial charge in [-0.05, 0) is 59.2 Å². The van der Waals surface area contributed by atoms with Gasteiger partial charge in [-0.15, -0.1) is 0 Å². The van der Waals surface area contributed by atoms with Gasteiger partial charge in [-0.2, -0.15) is 4.72 Å². The summed E-state index contributed by atoms with van der Waals surface area (Å²) in [6, 6.07) is 27.6. The Balaban J connectivity index is 1.57. The fraction of sp³-hybridized carbons (Fsp3) is 0.115. The minimum absolute atomic E-state index is 0.0924. The molecule has 1 atom stereocenters. The summed E-state index contributed by atoms with van der Waals surface area (Å²) in [5.41, 5.74) is 6.89. The SMILES string of the molecule is COc1ccc(CC(NS(=O)(=O)c2ccc3ccccc3c2)C(=O)NNc2ccccc2)cc1. The Labute approximate surface area is 198 Å². The molecule has 0 saturated carbocycles. The van der Waals surface area contributed by atoms with Gasteiger partial charge in [-0.3, -0.25) is 15.6 Å². The number of hydrogen-bond donors (Lipinski definition) is 3. The van der Waals surface area contributed by atoms with Gasteiger partial charge in [0.25, 0.3) is 5.91 Å². The van der Waals surface area contributed by atoms with Crippen LogP contribution in [0.15, 0.2) is 102 Å². The fourth-order valence-corrected chi connectivity index (χ4v) is 4.75. The van der Waals surface area contributed by atoms with Gasteiger partial charge in [0.1, 0.15) is 11.8 Å². The Hall–Kier alpha value is -3.88. The van der Waals surface area contributed by atoms with Crippen LogP contribution in [0.5, 0.6) is 5.75 Å². The highest BCUT2D eigenvalue weighted by Gasteiger charge is 2.26. The molecule has 174 valence electrons. The number of carbonyl (C=O) groups is 1. The van der Waals surface area contributed by atoms with E-state index in [1.54, 1.807) is 55.6 Å². The maximum atomic E-state index is 13.2. The molecule has 0 aliphatic rings. The molecule has 3 N–H and O–H groups in total. The van der Waals surface area contributed by atoms with E-state index in [1.807, 2.05) is 42.5 Å². The monoisotopic (exact) mass is 475 g/mol. The number of sulfonamides is 1. The van der Waals surface area contributed by atoms with Crippen LogP contribution in [0.4, 0.5) is 5.69 Å². The first kappa shape index (κ1) is 23.3. The highest BCUT2D eigenvalue weighted by Crippen LogP contribution is 2.20. The second-order valence-corrected chi connectivity index (χ2v) is 9.43. The fourth-order valence-electron chi connectivity index (χ4n) is 3.52. The number of hydrazine groups is 1. The van der Waals surface area contributed by atoms with Crippen LogP contribution in [-0.4, -0.2) is 27.5 Å². The normalized spacial score (nSPS) is 12.1. The molecule has 0 bridgehead atoms. The zero-order valence-electron chi connectivity index (χ0n) is 18.6. The third-order valence-corrected chi connectivity index (χ3v) is 6.82. The number of methoxy groups -OCH3 is 1. The van der Waals surface area contributed by atoms with Crippen molar-refractivity contribution in [3.8, 4) is 5.75 Å². The number of ether oxygens (including phenoxy) is 1. The number of carbonyl (C=O) groups excluding carboxylic acids is 1. The largest absolute Gasteiger partial charge is 0.497 e. The van der Waals surface area contributed by atoms with Crippen LogP contribution in [-0.2, 0) is 21.2 Å². The van der Waals surface area contributed by atoms with E-state index in [9.17, 15) is 13.2 Å². The molecule has 1 amide bonds. The predicted octanol–water partition coefficient (Wildman–Crippen LogP) is 3.88. The van der Waals surface area contributed by atoms with Crippen molar-refractivity contribution in [2.45, 2.75) is 17.4 Å². The van der Waals surface area contributed by atoms with E-state index in [2.05, 4.69) is 15.6 Å². The molecular weight excluding hydrogens is 450 g/mol. The van der Waals surface area contributed by atoms with Crippen LogP contribution in [0.25, 0.3) is 10.8 Å². The lowest BCUT2D eigenvalue weighted by Crippen LogP contribution is -2.49. The first-order valence-electron chi connectivity index (χ1n) is 10.7. The number of benzene rings is 4. The van der Waals surface area contributed by atoms with Crippen LogP contribution in [0.1, 0.15) is 5.56 Å². The van der Waals surface area contributed by atoms with Gasteiger partial charge in [0.05, 0.1) is 17.7 Å². The second kappa shape index (κ2) is 10.4. The summed E-state index contributed by atoms with van der Waals surface area (Å²) in [7, 11) is -2.41. The quantitative estimate of drug-likeness (QED) is 0.319. The molecule has 0 radical (unpaired) electrons. The standard InChI is InChI=1S/C26H25N3O4S/c1-33-23-14-11-19(12-15-23)17-25(26(30)28-27-22-9-3-2-4-10-22)29-34(31,32)24-16-13-20-7-5-6-8-21(20)18-24/h2-16,18,25,27,29H,17H2,1H3,(H,28,30). The smallest absolute Gasteiger partial charge is 0.256 e. The molecule has 0 aromatic heterocycles. The zero-order valence-corrected chi connectivity index (χ0v) is 19.4. The van der Waals surface area contributed by atoms with Gasteiger partial charge < -0.3 is 4.74 Å². The van der Waals surface area contributed by atoms with Crippen LogP contribution in [0.2, 0.25) is 0 Å². The van der Waals surface area contributed by atoms with E-state index < -0.39 is 22.0 Å². The number of hydrogen-bond acceptors (Lipinski definition) is 5. The summed E-state index contributed by atoms with van der Waals surface area (Å²) >= 11 is 0. The lowest BCUT2D eigenvalue weighted by atomic mass is 10.1. The maximum Gasteiger partial charge on any atom is 0.256 e. The molecule has 34 heavy (non-hydrogen) atoms. The number of rotatable bonds is 9. The van der Waals surface area contributed by atoms with Crippen molar-refractivity contribution in [1.29, 1.82) is 0 Å². The molecular formula is C26H25N3O4S. The van der Waals surface area contributed by atoms with E-state index in [1.165, 1.54) is 6.07 Å². The molecule has 4 rings (SSSR count). The number of amides is 1. The third kappa shape index (κ3) is 5.72. The molecule has 8 heteroatoms. The Morgan fingerprint density at radius 1 is 0.853 bits per heavy atom. The molecule has 4 aromatic carbocycles. The number of nitrogens with one attached hydrogen (secondary N) is 3. The summed E-state index contributed by atoms with van der Waals surface area (Å²) in [5.74, 6) is 0.163. The summed E-state index contributed by atoms with van der Waals surface area (Å²) in [4.78, 5) is 13.1. The second-order valence-electron chi connectivity index (χ2n) is 7.72. The molecule has 0 aliphatic carbocycles. The van der Waals surface area contributed by atoms with Crippen molar-refractivity contribution in [1.82, 2.24) is 10.1 Å². The summed E-state index contributed by atoms with van der Waals surface area (Å²) < 4.78 is 34.2. The van der Waals surface area contributed by atoms with E-state index in [0.29, 0.717) is 11.4 Å². The number of fused-ring (bicyclic) bond motifs is 1. The topological polar surface area (TPSA) is 96.5 Å². The minimum atomic E-state index is -3.98. The molecule has 0 saturated heterocycles. The Kier molecular flexibility index (Phi) is 7.10.